The van der Waals surface area contributed by atoms with Crippen molar-refractivity contribution in [2.45, 2.75) is 32.4 Å². The standard InChI is InChI=1S/C12H17ClFNO/c1-2-9(16)6-7-15-8-10-11(13)4-3-5-12(10)14/h3-5,9,15-16H,2,6-8H2,1H3. The van der Waals surface area contributed by atoms with Crippen molar-refractivity contribution in [3.8, 4) is 0 Å². The molecule has 0 amide bonds. The monoisotopic (exact) mass is 245 g/mol. The van der Waals surface area contributed by atoms with Crippen LogP contribution < -0.4 is 5.32 Å². The number of benzene rings is 1. The van der Waals surface area contributed by atoms with Gasteiger partial charge in [0.05, 0.1) is 6.10 Å². The molecule has 1 aromatic carbocycles. The second kappa shape index (κ2) is 6.84. The van der Waals surface area contributed by atoms with Crippen molar-refractivity contribution in [1.29, 1.82) is 0 Å². The maximum Gasteiger partial charge on any atom is 0.129 e. The van der Waals surface area contributed by atoms with Gasteiger partial charge in [-0.15, -0.1) is 0 Å². The molecule has 16 heavy (non-hydrogen) atoms. The van der Waals surface area contributed by atoms with Gasteiger partial charge in [-0.3, -0.25) is 0 Å². The van der Waals surface area contributed by atoms with Crippen molar-refractivity contribution >= 4 is 11.6 Å². The summed E-state index contributed by atoms with van der Waals surface area (Å²) in [7, 11) is 0. The van der Waals surface area contributed by atoms with Crippen LogP contribution in [0.25, 0.3) is 0 Å². The predicted octanol–water partition coefficient (Wildman–Crippen LogP) is 2.73. The fourth-order valence-electron chi connectivity index (χ4n) is 1.39. The molecule has 0 aliphatic carbocycles. The lowest BCUT2D eigenvalue weighted by Crippen LogP contribution is -2.20. The second-order valence-corrected chi connectivity index (χ2v) is 4.13. The van der Waals surface area contributed by atoms with Gasteiger partial charge in [0.25, 0.3) is 0 Å². The van der Waals surface area contributed by atoms with Gasteiger partial charge in [0.2, 0.25) is 0 Å². The summed E-state index contributed by atoms with van der Waals surface area (Å²) in [6, 6.07) is 4.65. The number of nitrogens with one attached hydrogen (secondary N) is 1. The first-order chi connectivity index (χ1) is 7.65. The van der Waals surface area contributed by atoms with E-state index in [1.54, 1.807) is 12.1 Å². The molecule has 1 atom stereocenters. The first kappa shape index (κ1) is 13.4. The van der Waals surface area contributed by atoms with E-state index in [1.165, 1.54) is 6.07 Å². The third-order valence-electron chi connectivity index (χ3n) is 2.49. The summed E-state index contributed by atoms with van der Waals surface area (Å²) >= 11 is 5.87. The van der Waals surface area contributed by atoms with Gasteiger partial charge in [0.1, 0.15) is 5.82 Å². The highest BCUT2D eigenvalue weighted by atomic mass is 35.5. The molecule has 0 aliphatic rings. The Kier molecular flexibility index (Phi) is 5.74. The van der Waals surface area contributed by atoms with E-state index in [2.05, 4.69) is 5.32 Å². The Morgan fingerprint density at radius 3 is 2.88 bits per heavy atom. The molecule has 90 valence electrons. The van der Waals surface area contributed by atoms with Gasteiger partial charge < -0.3 is 10.4 Å². The first-order valence-electron chi connectivity index (χ1n) is 5.46. The molecule has 0 aliphatic heterocycles. The average Bonchev–Trinajstić information content (AvgIpc) is 2.27. The van der Waals surface area contributed by atoms with Crippen molar-refractivity contribution in [3.63, 3.8) is 0 Å². The Bertz CT molecular complexity index is 313. The molecule has 0 heterocycles. The van der Waals surface area contributed by atoms with E-state index in [0.717, 1.165) is 6.42 Å². The lowest BCUT2D eigenvalue weighted by Gasteiger charge is -2.10. The van der Waals surface area contributed by atoms with Crippen molar-refractivity contribution in [3.05, 3.63) is 34.6 Å². The zero-order valence-corrected chi connectivity index (χ0v) is 10.1. The van der Waals surface area contributed by atoms with E-state index in [1.807, 2.05) is 6.92 Å². The number of aliphatic hydroxyl groups is 1. The molecule has 0 saturated heterocycles. The highest BCUT2D eigenvalue weighted by molar-refractivity contribution is 6.31. The van der Waals surface area contributed by atoms with Crippen LogP contribution in [0, 0.1) is 5.82 Å². The zero-order valence-electron chi connectivity index (χ0n) is 9.34. The summed E-state index contributed by atoms with van der Waals surface area (Å²) in [4.78, 5) is 0. The molecule has 0 aromatic heterocycles. The fourth-order valence-corrected chi connectivity index (χ4v) is 1.62. The maximum atomic E-state index is 13.3. The van der Waals surface area contributed by atoms with Crippen LogP contribution in [-0.4, -0.2) is 17.8 Å². The minimum absolute atomic E-state index is 0.288. The van der Waals surface area contributed by atoms with E-state index < -0.39 is 0 Å². The largest absolute Gasteiger partial charge is 0.393 e. The van der Waals surface area contributed by atoms with Crippen LogP contribution in [0.15, 0.2) is 18.2 Å². The van der Waals surface area contributed by atoms with Crippen molar-refractivity contribution in [2.75, 3.05) is 6.54 Å². The smallest absolute Gasteiger partial charge is 0.129 e. The number of rotatable bonds is 6. The topological polar surface area (TPSA) is 32.3 Å². The molecule has 0 saturated carbocycles. The fraction of sp³-hybridized carbons (Fsp3) is 0.500. The van der Waals surface area contributed by atoms with Gasteiger partial charge in [0.15, 0.2) is 0 Å². The third kappa shape index (κ3) is 4.08. The van der Waals surface area contributed by atoms with Gasteiger partial charge in [-0.1, -0.05) is 24.6 Å². The van der Waals surface area contributed by atoms with Crippen molar-refractivity contribution in [1.82, 2.24) is 5.32 Å². The normalized spacial score (nSPS) is 12.8. The van der Waals surface area contributed by atoms with Crippen LogP contribution in [0.2, 0.25) is 5.02 Å². The molecule has 4 heteroatoms. The number of hydrogen-bond acceptors (Lipinski definition) is 2. The number of aliphatic hydroxyl groups excluding tert-OH is 1. The van der Waals surface area contributed by atoms with E-state index in [4.69, 9.17) is 11.6 Å². The SMILES string of the molecule is CCC(O)CCNCc1c(F)cccc1Cl. The van der Waals surface area contributed by atoms with Crippen molar-refractivity contribution < 1.29 is 9.50 Å². The summed E-state index contributed by atoms with van der Waals surface area (Å²) in [6.45, 7) is 2.97. The van der Waals surface area contributed by atoms with Crippen LogP contribution in [0.3, 0.4) is 0 Å². The second-order valence-electron chi connectivity index (χ2n) is 3.73. The van der Waals surface area contributed by atoms with Crippen LogP contribution >= 0.6 is 11.6 Å². The highest BCUT2D eigenvalue weighted by Gasteiger charge is 2.06. The number of halogens is 2. The Labute approximate surface area is 100 Å². The Hall–Kier alpha value is -0.640. The van der Waals surface area contributed by atoms with Gasteiger partial charge in [-0.05, 0) is 31.5 Å². The predicted molar refractivity (Wildman–Crippen MR) is 64.0 cm³/mol. The lowest BCUT2D eigenvalue weighted by atomic mass is 10.2. The van der Waals surface area contributed by atoms with Crippen molar-refractivity contribution in [2.24, 2.45) is 0 Å². The van der Waals surface area contributed by atoms with Gasteiger partial charge in [-0.2, -0.15) is 0 Å². The van der Waals surface area contributed by atoms with E-state index in [9.17, 15) is 9.50 Å². The van der Waals surface area contributed by atoms with Crippen LogP contribution in [0.4, 0.5) is 4.39 Å². The highest BCUT2D eigenvalue weighted by Crippen LogP contribution is 2.18. The van der Waals surface area contributed by atoms with E-state index in [-0.39, 0.29) is 11.9 Å². The summed E-state index contributed by atoms with van der Waals surface area (Å²) < 4.78 is 13.3. The summed E-state index contributed by atoms with van der Waals surface area (Å²) in [5.74, 6) is -0.295. The minimum Gasteiger partial charge on any atom is -0.393 e. The average molecular weight is 246 g/mol. The third-order valence-corrected chi connectivity index (χ3v) is 2.84. The Morgan fingerprint density at radius 1 is 1.50 bits per heavy atom. The Balaban J connectivity index is 2.37. The molecule has 2 nitrogen and oxygen atoms in total. The molecule has 0 bridgehead atoms. The Morgan fingerprint density at radius 2 is 2.25 bits per heavy atom. The molecule has 0 fully saturated rings. The first-order valence-corrected chi connectivity index (χ1v) is 5.84. The summed E-state index contributed by atoms with van der Waals surface area (Å²) in [5.41, 5.74) is 0.482. The minimum atomic E-state index is -0.295. The molecule has 1 unspecified atom stereocenters. The molecular weight excluding hydrogens is 229 g/mol. The van der Waals surface area contributed by atoms with Gasteiger partial charge >= 0.3 is 0 Å². The molecule has 1 rings (SSSR count). The van der Waals surface area contributed by atoms with E-state index >= 15 is 0 Å². The van der Waals surface area contributed by atoms with Crippen LogP contribution in [0.5, 0.6) is 0 Å². The van der Waals surface area contributed by atoms with Gasteiger partial charge in [0, 0.05) is 17.1 Å². The molecule has 0 spiro atoms. The maximum absolute atomic E-state index is 13.3. The number of hydrogen-bond donors (Lipinski definition) is 2. The molecule has 2 N–H and O–H groups in total. The zero-order chi connectivity index (χ0) is 12.0. The van der Waals surface area contributed by atoms with Gasteiger partial charge in [-0.25, -0.2) is 4.39 Å². The molecule has 1 aromatic rings. The summed E-state index contributed by atoms with van der Waals surface area (Å²) in [5, 5.41) is 12.8. The van der Waals surface area contributed by atoms with Crippen LogP contribution in [0.1, 0.15) is 25.3 Å². The molecule has 0 radical (unpaired) electrons. The van der Waals surface area contributed by atoms with E-state index in [0.29, 0.717) is 30.1 Å². The summed E-state index contributed by atoms with van der Waals surface area (Å²) in [6.07, 6.45) is 1.12. The van der Waals surface area contributed by atoms with Crippen LogP contribution in [-0.2, 0) is 6.54 Å². The molecular formula is C12H17ClFNO. The lowest BCUT2D eigenvalue weighted by molar-refractivity contribution is 0.159. The quantitative estimate of drug-likeness (QED) is 0.756.